The molecule has 0 unspecified atom stereocenters. The number of rotatable bonds is 8. The van der Waals surface area contributed by atoms with Gasteiger partial charge >= 0.3 is 0 Å². The van der Waals surface area contributed by atoms with Crippen molar-refractivity contribution in [2.45, 2.75) is 0 Å². The highest BCUT2D eigenvalue weighted by Crippen LogP contribution is 2.30. The molecule has 2 heterocycles. The lowest BCUT2D eigenvalue weighted by Crippen LogP contribution is -2.44. The highest BCUT2D eigenvalue weighted by Gasteiger charge is 2.15. The third-order valence-corrected chi connectivity index (χ3v) is 5.59. The number of carbonyl (C=O) groups is 1. The van der Waals surface area contributed by atoms with Gasteiger partial charge in [-0.25, -0.2) is 4.98 Å². The van der Waals surface area contributed by atoms with Crippen molar-refractivity contribution in [3.8, 4) is 5.75 Å². The molecule has 0 bridgehead atoms. The van der Waals surface area contributed by atoms with Crippen LogP contribution < -0.4 is 25.6 Å². The fourth-order valence-electron chi connectivity index (χ4n) is 3.63. The Balaban J connectivity index is 1.50. The molecule has 2 aromatic carbocycles. The number of methoxy groups -OCH3 is 1. The predicted octanol–water partition coefficient (Wildman–Crippen LogP) is 3.85. The SMILES string of the molecule is C=CC(=O)Nc1ccccc1Nc1nc(Nc2ccc(N3CCN(C)CC3)cc2)ncc1OC. The van der Waals surface area contributed by atoms with Gasteiger partial charge in [0.2, 0.25) is 11.9 Å². The molecule has 1 aromatic heterocycles. The second-order valence-corrected chi connectivity index (χ2v) is 7.94. The standard InChI is InChI=1S/C25H29N7O2/c1-4-23(33)28-20-7-5-6-8-21(20)29-24-22(34-3)17-26-25(30-24)27-18-9-11-19(12-10-18)32-15-13-31(2)14-16-32/h4-12,17H,1,13-16H2,2-3H3,(H,28,33)(H2,26,27,29,30). The maximum atomic E-state index is 11.8. The Labute approximate surface area is 199 Å². The van der Waals surface area contributed by atoms with Crippen LogP contribution in [0.15, 0.2) is 67.4 Å². The van der Waals surface area contributed by atoms with E-state index in [9.17, 15) is 4.79 Å². The summed E-state index contributed by atoms with van der Waals surface area (Å²) in [6.07, 6.45) is 2.82. The second-order valence-electron chi connectivity index (χ2n) is 7.94. The summed E-state index contributed by atoms with van der Waals surface area (Å²) in [5, 5.41) is 9.26. The maximum Gasteiger partial charge on any atom is 0.247 e. The molecule has 1 amide bonds. The molecule has 1 aliphatic rings. The van der Waals surface area contributed by atoms with E-state index in [1.54, 1.807) is 19.4 Å². The van der Waals surface area contributed by atoms with Crippen LogP contribution in [0.3, 0.4) is 0 Å². The zero-order valence-corrected chi connectivity index (χ0v) is 19.4. The van der Waals surface area contributed by atoms with Gasteiger partial charge in [0, 0.05) is 37.6 Å². The molecule has 3 N–H and O–H groups in total. The normalized spacial score (nSPS) is 13.8. The zero-order chi connectivity index (χ0) is 23.9. The predicted molar refractivity (Wildman–Crippen MR) is 137 cm³/mol. The molecule has 3 aromatic rings. The van der Waals surface area contributed by atoms with Crippen LogP contribution in [0.5, 0.6) is 5.75 Å². The third kappa shape index (κ3) is 5.62. The number of amides is 1. The minimum atomic E-state index is -0.300. The van der Waals surface area contributed by atoms with Gasteiger partial charge < -0.3 is 30.5 Å². The first-order valence-electron chi connectivity index (χ1n) is 11.1. The quantitative estimate of drug-likeness (QED) is 0.438. The molecule has 1 saturated heterocycles. The lowest BCUT2D eigenvalue weighted by molar-refractivity contribution is -0.111. The molecule has 0 atom stereocenters. The van der Waals surface area contributed by atoms with Gasteiger partial charge in [0.05, 0.1) is 24.7 Å². The van der Waals surface area contributed by atoms with Gasteiger partial charge in [0.15, 0.2) is 11.6 Å². The van der Waals surface area contributed by atoms with E-state index in [2.05, 4.69) is 61.5 Å². The molecule has 9 nitrogen and oxygen atoms in total. The molecule has 0 aliphatic carbocycles. The Bertz CT molecular complexity index is 1140. The average molecular weight is 460 g/mol. The number of piperazine rings is 1. The van der Waals surface area contributed by atoms with Gasteiger partial charge in [-0.3, -0.25) is 4.79 Å². The number of nitrogens with zero attached hydrogens (tertiary/aromatic N) is 4. The number of hydrogen-bond donors (Lipinski definition) is 3. The topological polar surface area (TPSA) is 94.6 Å². The molecule has 4 rings (SSSR count). The third-order valence-electron chi connectivity index (χ3n) is 5.59. The number of likely N-dealkylation sites (N-methyl/N-ethyl adjacent to an activating group) is 1. The van der Waals surface area contributed by atoms with Gasteiger partial charge in [0.25, 0.3) is 0 Å². The Morgan fingerprint density at radius 3 is 2.41 bits per heavy atom. The molecule has 34 heavy (non-hydrogen) atoms. The van der Waals surface area contributed by atoms with Gasteiger partial charge in [-0.2, -0.15) is 4.98 Å². The van der Waals surface area contributed by atoms with Crippen LogP contribution in [-0.2, 0) is 4.79 Å². The van der Waals surface area contributed by atoms with Crippen LogP contribution >= 0.6 is 0 Å². The van der Waals surface area contributed by atoms with E-state index in [0.29, 0.717) is 28.9 Å². The second kappa shape index (κ2) is 10.7. The van der Waals surface area contributed by atoms with Crippen LogP contribution in [-0.4, -0.2) is 61.1 Å². The van der Waals surface area contributed by atoms with Crippen molar-refractivity contribution in [2.75, 3.05) is 61.2 Å². The van der Waals surface area contributed by atoms with Crippen molar-refractivity contribution in [3.63, 3.8) is 0 Å². The van der Waals surface area contributed by atoms with E-state index in [0.717, 1.165) is 31.9 Å². The van der Waals surface area contributed by atoms with Crippen LogP contribution in [0.1, 0.15) is 0 Å². The summed E-state index contributed by atoms with van der Waals surface area (Å²) in [4.78, 5) is 25.5. The Morgan fingerprint density at radius 2 is 1.74 bits per heavy atom. The lowest BCUT2D eigenvalue weighted by atomic mass is 10.2. The van der Waals surface area contributed by atoms with Gasteiger partial charge in [0.1, 0.15) is 0 Å². The number of ether oxygens (including phenoxy) is 1. The summed E-state index contributed by atoms with van der Waals surface area (Å²) in [7, 11) is 3.71. The molecule has 9 heteroatoms. The first-order chi connectivity index (χ1) is 16.6. The number of nitrogens with one attached hydrogen (secondary N) is 3. The van der Waals surface area contributed by atoms with Crippen molar-refractivity contribution < 1.29 is 9.53 Å². The zero-order valence-electron chi connectivity index (χ0n) is 19.4. The van der Waals surface area contributed by atoms with E-state index in [4.69, 9.17) is 4.74 Å². The summed E-state index contributed by atoms with van der Waals surface area (Å²) in [6, 6.07) is 15.6. The van der Waals surface area contributed by atoms with Crippen LogP contribution in [0.2, 0.25) is 0 Å². The largest absolute Gasteiger partial charge is 0.491 e. The Hall–Kier alpha value is -4.11. The van der Waals surface area contributed by atoms with Gasteiger partial charge in [-0.1, -0.05) is 18.7 Å². The molecular weight excluding hydrogens is 430 g/mol. The van der Waals surface area contributed by atoms with Crippen molar-refractivity contribution >= 4 is 40.4 Å². The van der Waals surface area contributed by atoms with Crippen molar-refractivity contribution in [1.82, 2.24) is 14.9 Å². The van der Waals surface area contributed by atoms with E-state index in [1.807, 2.05) is 30.3 Å². The molecular formula is C25H29N7O2. The monoisotopic (exact) mass is 459 g/mol. The van der Waals surface area contributed by atoms with Gasteiger partial charge in [-0.15, -0.1) is 0 Å². The fourth-order valence-corrected chi connectivity index (χ4v) is 3.63. The number of para-hydroxylation sites is 2. The maximum absolute atomic E-state index is 11.8. The fraction of sp³-hybridized carbons (Fsp3) is 0.240. The Morgan fingerprint density at radius 1 is 1.03 bits per heavy atom. The summed E-state index contributed by atoms with van der Waals surface area (Å²) < 4.78 is 5.43. The minimum Gasteiger partial charge on any atom is -0.491 e. The summed E-state index contributed by atoms with van der Waals surface area (Å²) in [5.41, 5.74) is 3.35. The Kier molecular flexibility index (Phi) is 7.24. The molecule has 0 radical (unpaired) electrons. The van der Waals surface area contributed by atoms with E-state index < -0.39 is 0 Å². The molecule has 176 valence electrons. The number of carbonyl (C=O) groups excluding carboxylic acids is 1. The van der Waals surface area contributed by atoms with E-state index in [1.165, 1.54) is 11.8 Å². The van der Waals surface area contributed by atoms with Crippen LogP contribution in [0.4, 0.5) is 34.5 Å². The van der Waals surface area contributed by atoms with E-state index >= 15 is 0 Å². The summed E-state index contributed by atoms with van der Waals surface area (Å²) in [5.74, 6) is 1.06. The molecule has 1 aliphatic heterocycles. The first kappa shape index (κ1) is 23.1. The van der Waals surface area contributed by atoms with Crippen molar-refractivity contribution in [1.29, 1.82) is 0 Å². The van der Waals surface area contributed by atoms with Gasteiger partial charge in [-0.05, 0) is 49.5 Å². The minimum absolute atomic E-state index is 0.300. The summed E-state index contributed by atoms with van der Waals surface area (Å²) in [6.45, 7) is 7.67. The molecule has 0 saturated carbocycles. The van der Waals surface area contributed by atoms with Crippen LogP contribution in [0.25, 0.3) is 0 Å². The van der Waals surface area contributed by atoms with E-state index in [-0.39, 0.29) is 5.91 Å². The molecule has 1 fully saturated rings. The lowest BCUT2D eigenvalue weighted by Gasteiger charge is -2.34. The number of hydrogen-bond acceptors (Lipinski definition) is 8. The highest BCUT2D eigenvalue weighted by atomic mass is 16.5. The average Bonchev–Trinajstić information content (AvgIpc) is 2.86. The van der Waals surface area contributed by atoms with Crippen LogP contribution in [0, 0.1) is 0 Å². The number of aromatic nitrogens is 2. The number of anilines is 6. The van der Waals surface area contributed by atoms with Crippen molar-refractivity contribution in [2.24, 2.45) is 0 Å². The first-order valence-corrected chi connectivity index (χ1v) is 11.1. The number of benzene rings is 2. The summed E-state index contributed by atoms with van der Waals surface area (Å²) >= 11 is 0. The highest BCUT2D eigenvalue weighted by molar-refractivity contribution is 6.01. The smallest absolute Gasteiger partial charge is 0.247 e. The molecule has 0 spiro atoms. The van der Waals surface area contributed by atoms with Crippen molar-refractivity contribution in [3.05, 3.63) is 67.4 Å².